The summed E-state index contributed by atoms with van der Waals surface area (Å²) in [6, 6.07) is 14.3. The van der Waals surface area contributed by atoms with Gasteiger partial charge in [0.2, 0.25) is 5.91 Å². The van der Waals surface area contributed by atoms with Crippen molar-refractivity contribution in [3.8, 4) is 0 Å². The lowest BCUT2D eigenvalue weighted by Gasteiger charge is -2.22. The lowest BCUT2D eigenvalue weighted by atomic mass is 10.1. The first-order valence-electron chi connectivity index (χ1n) is 7.77. The molecule has 0 aromatic heterocycles. The van der Waals surface area contributed by atoms with Crippen LogP contribution in [0.2, 0.25) is 0 Å². The molecule has 2 rings (SSSR count). The minimum absolute atomic E-state index is 0.185. The van der Waals surface area contributed by atoms with E-state index in [0.717, 1.165) is 17.7 Å². The molecule has 2 aromatic rings. The van der Waals surface area contributed by atoms with Gasteiger partial charge in [0, 0.05) is 13.6 Å². The number of hydrazine groups is 1. The van der Waals surface area contributed by atoms with E-state index >= 15 is 0 Å². The fraction of sp³-hybridized carbons (Fsp3) is 0.222. The third kappa shape index (κ3) is 6.03. The zero-order chi connectivity index (χ0) is 19.2. The topological polar surface area (TPSA) is 44.4 Å². The quantitative estimate of drug-likeness (QED) is 0.630. The zero-order valence-electron chi connectivity index (χ0n) is 14.0. The minimum Gasteiger partial charge on any atom is -0.357 e. The van der Waals surface area contributed by atoms with Crippen LogP contribution < -0.4 is 10.7 Å². The van der Waals surface area contributed by atoms with E-state index in [4.69, 9.17) is 12.2 Å². The van der Waals surface area contributed by atoms with Crippen LogP contribution in [-0.2, 0) is 23.9 Å². The predicted molar refractivity (Wildman–Crippen MR) is 96.9 cm³/mol. The number of carbonyl (C=O) groups excluding carboxylic acids is 1. The second-order valence-corrected chi connectivity index (χ2v) is 6.00. The Morgan fingerprint density at radius 1 is 1.08 bits per heavy atom. The van der Waals surface area contributed by atoms with Crippen molar-refractivity contribution < 1.29 is 18.0 Å². The normalized spacial score (nSPS) is 10.9. The SMILES string of the molecule is CN(NC(=O)Cc1cccc(C(F)(F)F)c1)C(=S)NCc1ccccc1. The molecule has 0 aliphatic heterocycles. The van der Waals surface area contributed by atoms with Gasteiger partial charge in [0.1, 0.15) is 0 Å². The molecule has 1 amide bonds. The highest BCUT2D eigenvalue weighted by atomic mass is 32.1. The molecule has 26 heavy (non-hydrogen) atoms. The van der Waals surface area contributed by atoms with Crippen LogP contribution in [0.25, 0.3) is 0 Å². The number of hydrogen-bond donors (Lipinski definition) is 2. The Labute approximate surface area is 155 Å². The van der Waals surface area contributed by atoms with E-state index in [0.29, 0.717) is 11.7 Å². The van der Waals surface area contributed by atoms with Crippen LogP contribution in [0, 0.1) is 0 Å². The molecule has 0 fully saturated rings. The van der Waals surface area contributed by atoms with Crippen LogP contribution in [-0.4, -0.2) is 23.1 Å². The standard InChI is InChI=1S/C18H18F3N3OS/c1-24(17(26)22-12-13-6-3-2-4-7-13)23-16(25)11-14-8-5-9-15(10-14)18(19,20)21/h2-10H,11-12H2,1H3,(H,22,26)(H,23,25). The van der Waals surface area contributed by atoms with Crippen molar-refractivity contribution in [1.29, 1.82) is 0 Å². The van der Waals surface area contributed by atoms with Crippen LogP contribution in [0.4, 0.5) is 13.2 Å². The smallest absolute Gasteiger partial charge is 0.357 e. The maximum absolute atomic E-state index is 12.7. The Morgan fingerprint density at radius 3 is 2.38 bits per heavy atom. The monoisotopic (exact) mass is 381 g/mol. The highest BCUT2D eigenvalue weighted by Gasteiger charge is 2.30. The first-order chi connectivity index (χ1) is 12.3. The molecular weight excluding hydrogens is 363 g/mol. The van der Waals surface area contributed by atoms with E-state index in [1.54, 1.807) is 7.05 Å². The van der Waals surface area contributed by atoms with Crippen LogP contribution >= 0.6 is 12.2 Å². The Bertz CT molecular complexity index is 766. The maximum Gasteiger partial charge on any atom is 0.416 e. The van der Waals surface area contributed by atoms with Gasteiger partial charge in [0.25, 0.3) is 0 Å². The van der Waals surface area contributed by atoms with Gasteiger partial charge < -0.3 is 5.32 Å². The molecule has 0 heterocycles. The Morgan fingerprint density at radius 2 is 1.73 bits per heavy atom. The van der Waals surface area contributed by atoms with Gasteiger partial charge in [-0.25, -0.2) is 0 Å². The first-order valence-corrected chi connectivity index (χ1v) is 8.17. The molecule has 2 aromatic carbocycles. The van der Waals surface area contributed by atoms with Crippen molar-refractivity contribution in [2.75, 3.05) is 7.05 Å². The molecule has 0 bridgehead atoms. The van der Waals surface area contributed by atoms with E-state index in [2.05, 4.69) is 10.7 Å². The molecule has 4 nitrogen and oxygen atoms in total. The van der Waals surface area contributed by atoms with E-state index in [-0.39, 0.29) is 12.0 Å². The van der Waals surface area contributed by atoms with Crippen LogP contribution in [0.1, 0.15) is 16.7 Å². The fourth-order valence-electron chi connectivity index (χ4n) is 2.21. The summed E-state index contributed by atoms with van der Waals surface area (Å²) in [5.41, 5.74) is 3.05. The molecule has 0 spiro atoms. The second kappa shape index (κ2) is 8.66. The molecule has 8 heteroatoms. The molecular formula is C18H18F3N3OS. The number of rotatable bonds is 4. The number of nitrogens with zero attached hydrogens (tertiary/aromatic N) is 1. The van der Waals surface area contributed by atoms with Gasteiger partial charge in [-0.3, -0.25) is 15.2 Å². The summed E-state index contributed by atoms with van der Waals surface area (Å²) in [6.45, 7) is 0.494. The molecule has 0 radical (unpaired) electrons. The van der Waals surface area contributed by atoms with Crippen molar-refractivity contribution in [3.63, 3.8) is 0 Å². The number of nitrogens with one attached hydrogen (secondary N) is 2. The van der Waals surface area contributed by atoms with Gasteiger partial charge in [-0.05, 0) is 29.4 Å². The number of hydrogen-bond acceptors (Lipinski definition) is 2. The molecule has 0 atom stereocenters. The summed E-state index contributed by atoms with van der Waals surface area (Å²) in [4.78, 5) is 12.0. The summed E-state index contributed by atoms with van der Waals surface area (Å²) in [7, 11) is 1.56. The van der Waals surface area contributed by atoms with Gasteiger partial charge in [0.15, 0.2) is 5.11 Å². The highest BCUT2D eigenvalue weighted by molar-refractivity contribution is 7.80. The molecule has 2 N–H and O–H groups in total. The number of halogens is 3. The average molecular weight is 381 g/mol. The zero-order valence-corrected chi connectivity index (χ0v) is 14.8. The molecule has 0 saturated carbocycles. The average Bonchev–Trinajstić information content (AvgIpc) is 2.60. The van der Waals surface area contributed by atoms with Crippen LogP contribution in [0.5, 0.6) is 0 Å². The number of alkyl halides is 3. The fourth-order valence-corrected chi connectivity index (χ4v) is 2.33. The van der Waals surface area contributed by atoms with Gasteiger partial charge in [-0.2, -0.15) is 13.2 Å². The van der Waals surface area contributed by atoms with Crippen molar-refractivity contribution >= 4 is 23.2 Å². The summed E-state index contributed by atoms with van der Waals surface area (Å²) in [6.07, 6.45) is -4.62. The predicted octanol–water partition coefficient (Wildman–Crippen LogP) is 3.29. The summed E-state index contributed by atoms with van der Waals surface area (Å²) < 4.78 is 38.1. The van der Waals surface area contributed by atoms with Gasteiger partial charge >= 0.3 is 6.18 Å². The number of thiocarbonyl (C=S) groups is 1. The maximum atomic E-state index is 12.7. The first kappa shape index (κ1) is 19.7. The minimum atomic E-state index is -4.44. The second-order valence-electron chi connectivity index (χ2n) is 5.61. The van der Waals surface area contributed by atoms with Crippen LogP contribution in [0.15, 0.2) is 54.6 Å². The van der Waals surface area contributed by atoms with Gasteiger partial charge in [-0.15, -0.1) is 0 Å². The molecule has 0 aliphatic rings. The molecule has 0 aliphatic carbocycles. The summed E-state index contributed by atoms with van der Waals surface area (Å²) in [5.74, 6) is -0.462. The molecule has 0 unspecified atom stereocenters. The highest BCUT2D eigenvalue weighted by Crippen LogP contribution is 2.29. The van der Waals surface area contributed by atoms with Gasteiger partial charge in [-0.1, -0.05) is 48.5 Å². The van der Waals surface area contributed by atoms with E-state index in [9.17, 15) is 18.0 Å². The number of carbonyl (C=O) groups is 1. The van der Waals surface area contributed by atoms with Crippen molar-refractivity contribution in [3.05, 3.63) is 71.3 Å². The lowest BCUT2D eigenvalue weighted by molar-refractivity contribution is -0.137. The number of benzene rings is 2. The largest absolute Gasteiger partial charge is 0.416 e. The third-order valence-corrected chi connectivity index (χ3v) is 3.92. The molecule has 0 saturated heterocycles. The van der Waals surface area contributed by atoms with E-state index in [1.807, 2.05) is 30.3 Å². The Hall–Kier alpha value is -2.61. The Balaban J connectivity index is 1.86. The van der Waals surface area contributed by atoms with Crippen LogP contribution in [0.3, 0.4) is 0 Å². The van der Waals surface area contributed by atoms with E-state index in [1.165, 1.54) is 17.1 Å². The van der Waals surface area contributed by atoms with Crippen molar-refractivity contribution in [1.82, 2.24) is 15.8 Å². The molecule has 138 valence electrons. The third-order valence-electron chi connectivity index (χ3n) is 3.50. The van der Waals surface area contributed by atoms with Crippen molar-refractivity contribution in [2.45, 2.75) is 19.1 Å². The summed E-state index contributed by atoms with van der Waals surface area (Å²) >= 11 is 5.18. The Kier molecular flexibility index (Phi) is 6.57. The van der Waals surface area contributed by atoms with E-state index < -0.39 is 17.6 Å². The summed E-state index contributed by atoms with van der Waals surface area (Å²) in [5, 5.41) is 4.62. The van der Waals surface area contributed by atoms with Crippen molar-refractivity contribution in [2.24, 2.45) is 0 Å². The lowest BCUT2D eigenvalue weighted by Crippen LogP contribution is -2.48. The van der Waals surface area contributed by atoms with Gasteiger partial charge in [0.05, 0.1) is 12.0 Å². The number of amides is 1.